The van der Waals surface area contributed by atoms with E-state index in [2.05, 4.69) is 10.6 Å². The number of carbonyl (C=O) groups is 3. The van der Waals surface area contributed by atoms with Crippen LogP contribution in [0.2, 0.25) is 0 Å². The molecule has 2 saturated heterocycles. The van der Waals surface area contributed by atoms with Crippen molar-refractivity contribution in [2.45, 2.75) is 87.5 Å². The maximum atomic E-state index is 13.4. The maximum Gasteiger partial charge on any atom is 0.328 e. The molecule has 11 atom stereocenters. The predicted molar refractivity (Wildman–Crippen MR) is 139 cm³/mol. The van der Waals surface area contributed by atoms with E-state index in [0.717, 1.165) is 14.2 Å². The predicted octanol–water partition coefficient (Wildman–Crippen LogP) is -3.21. The first-order chi connectivity index (χ1) is 19.8. The van der Waals surface area contributed by atoms with Crippen molar-refractivity contribution >= 4 is 17.8 Å². The van der Waals surface area contributed by atoms with Crippen LogP contribution in [-0.2, 0) is 44.5 Å². The highest BCUT2D eigenvalue weighted by Crippen LogP contribution is 2.30. The number of rotatable bonds is 10. The van der Waals surface area contributed by atoms with Gasteiger partial charge in [0.1, 0.15) is 42.7 Å². The van der Waals surface area contributed by atoms with Gasteiger partial charge in [-0.3, -0.25) is 9.59 Å². The Hall–Kier alpha value is -3.09. The third kappa shape index (κ3) is 7.45. The largest absolute Gasteiger partial charge is 0.504 e. The van der Waals surface area contributed by atoms with E-state index in [1.165, 1.54) is 25.1 Å². The van der Waals surface area contributed by atoms with Gasteiger partial charge < -0.3 is 65.0 Å². The van der Waals surface area contributed by atoms with Crippen LogP contribution in [0.5, 0.6) is 11.5 Å². The molecule has 16 nitrogen and oxygen atoms in total. The highest BCUT2D eigenvalue weighted by Gasteiger charge is 2.52. The summed E-state index contributed by atoms with van der Waals surface area (Å²) in [5, 5.41) is 66.4. The summed E-state index contributed by atoms with van der Waals surface area (Å²) in [6.45, 7) is 2.20. The SMILES string of the molecule is COC(=O)C(Cc1ccc(O)c(O)c1)NC(=O)C1O[C@@H](OC2C(NC(C)=O)[C@H](C)OC(CO)[C@H]2O)C(O)C(O)[C@@H]1OC. The van der Waals surface area contributed by atoms with Crippen molar-refractivity contribution < 1.29 is 68.7 Å². The third-order valence-corrected chi connectivity index (χ3v) is 7.16. The Kier molecular flexibility index (Phi) is 11.4. The minimum Gasteiger partial charge on any atom is -0.504 e. The van der Waals surface area contributed by atoms with E-state index in [4.69, 9.17) is 23.7 Å². The van der Waals surface area contributed by atoms with E-state index in [9.17, 15) is 45.0 Å². The van der Waals surface area contributed by atoms with Gasteiger partial charge in [0.15, 0.2) is 23.9 Å². The van der Waals surface area contributed by atoms with Gasteiger partial charge >= 0.3 is 5.97 Å². The molecule has 0 radical (unpaired) electrons. The summed E-state index contributed by atoms with van der Waals surface area (Å²) in [6, 6.07) is 1.52. The quantitative estimate of drug-likeness (QED) is 0.0971. The fraction of sp³-hybridized carbons (Fsp3) is 0.654. The number of aliphatic hydroxyl groups is 4. The Labute approximate surface area is 241 Å². The summed E-state index contributed by atoms with van der Waals surface area (Å²) >= 11 is 0. The standard InChI is InChI=1S/C26H38N2O14/c1-10-17(27-11(2)30)21(18(33)16(9-29)40-10)41-26-20(35)19(34)22(38-3)23(42-26)24(36)28-13(25(37)39-4)7-12-5-6-14(31)15(32)8-12/h5-6,8,10,13,16-23,26,29,31-35H,7,9H2,1-4H3,(H,27,30)(H,28,36)/t10-,13?,16?,17?,18+,19?,20?,21?,22-,23?,26+/m0/s1. The highest BCUT2D eigenvalue weighted by atomic mass is 16.7. The first-order valence-corrected chi connectivity index (χ1v) is 13.1. The molecule has 3 rings (SSSR count). The second kappa shape index (κ2) is 14.4. The van der Waals surface area contributed by atoms with Gasteiger partial charge in [-0.15, -0.1) is 0 Å². The van der Waals surface area contributed by atoms with Crippen molar-refractivity contribution in [3.8, 4) is 11.5 Å². The number of methoxy groups -OCH3 is 2. The highest BCUT2D eigenvalue weighted by molar-refractivity contribution is 5.87. The minimum atomic E-state index is -1.80. The molecule has 2 aliphatic rings. The van der Waals surface area contributed by atoms with Crippen molar-refractivity contribution in [1.82, 2.24) is 10.6 Å². The molecule has 2 heterocycles. The van der Waals surface area contributed by atoms with E-state index in [1.54, 1.807) is 6.92 Å². The molecule has 2 aliphatic heterocycles. The Morgan fingerprint density at radius 1 is 1.00 bits per heavy atom. The van der Waals surface area contributed by atoms with Crippen LogP contribution < -0.4 is 10.6 Å². The summed E-state index contributed by atoms with van der Waals surface area (Å²) in [5.41, 5.74) is 0.357. The molecule has 7 unspecified atom stereocenters. The number of hydrogen-bond acceptors (Lipinski definition) is 14. The Balaban J connectivity index is 1.85. The van der Waals surface area contributed by atoms with Crippen LogP contribution in [-0.4, -0.2) is 136 Å². The van der Waals surface area contributed by atoms with Crippen molar-refractivity contribution in [3.63, 3.8) is 0 Å². The van der Waals surface area contributed by atoms with Crippen molar-refractivity contribution in [1.29, 1.82) is 0 Å². The molecule has 16 heteroatoms. The Bertz CT molecular complexity index is 1100. The van der Waals surface area contributed by atoms with Crippen LogP contribution in [0.3, 0.4) is 0 Å². The molecule has 42 heavy (non-hydrogen) atoms. The lowest BCUT2D eigenvalue weighted by Crippen LogP contribution is -2.68. The number of hydrogen-bond donors (Lipinski definition) is 8. The molecule has 0 aliphatic carbocycles. The zero-order valence-corrected chi connectivity index (χ0v) is 23.4. The second-order valence-electron chi connectivity index (χ2n) is 10.1. The fourth-order valence-electron chi connectivity index (χ4n) is 4.98. The van der Waals surface area contributed by atoms with Crippen LogP contribution in [0, 0.1) is 0 Å². The number of carbonyl (C=O) groups excluding carboxylic acids is 3. The first kappa shape index (κ1) is 33.4. The van der Waals surface area contributed by atoms with Crippen molar-refractivity contribution in [3.05, 3.63) is 23.8 Å². The summed E-state index contributed by atoms with van der Waals surface area (Å²) < 4.78 is 27.1. The molecule has 2 amide bonds. The smallest absolute Gasteiger partial charge is 0.328 e. The number of benzene rings is 1. The zero-order chi connectivity index (χ0) is 31.3. The summed E-state index contributed by atoms with van der Waals surface area (Å²) in [6.07, 6.45) is -13.3. The lowest BCUT2D eigenvalue weighted by atomic mass is 9.92. The Morgan fingerprint density at radius 3 is 2.26 bits per heavy atom. The molecular formula is C26H38N2O14. The summed E-state index contributed by atoms with van der Waals surface area (Å²) in [4.78, 5) is 37.7. The van der Waals surface area contributed by atoms with E-state index in [1.807, 2.05) is 0 Å². The zero-order valence-electron chi connectivity index (χ0n) is 23.4. The number of esters is 1. The molecule has 0 spiro atoms. The minimum absolute atomic E-state index is 0.172. The van der Waals surface area contributed by atoms with Crippen LogP contribution >= 0.6 is 0 Å². The molecule has 236 valence electrons. The average molecular weight is 603 g/mol. The first-order valence-electron chi connectivity index (χ1n) is 13.1. The molecule has 8 N–H and O–H groups in total. The van der Waals surface area contributed by atoms with Gasteiger partial charge in [-0.25, -0.2) is 4.79 Å². The number of amides is 2. The van der Waals surface area contributed by atoms with Crippen molar-refractivity contribution in [2.24, 2.45) is 0 Å². The van der Waals surface area contributed by atoms with Gasteiger partial charge in [0.2, 0.25) is 5.91 Å². The lowest BCUT2D eigenvalue weighted by molar-refractivity contribution is -0.325. The van der Waals surface area contributed by atoms with Crippen molar-refractivity contribution in [2.75, 3.05) is 20.8 Å². The van der Waals surface area contributed by atoms with Gasteiger partial charge in [0, 0.05) is 20.5 Å². The molecule has 0 saturated carbocycles. The molecule has 2 fully saturated rings. The molecular weight excluding hydrogens is 564 g/mol. The van der Waals surface area contributed by atoms with Crippen LogP contribution in [0.25, 0.3) is 0 Å². The van der Waals surface area contributed by atoms with Gasteiger partial charge in [-0.1, -0.05) is 6.07 Å². The number of phenols is 2. The topological polar surface area (TPSA) is 243 Å². The van der Waals surface area contributed by atoms with Crippen LogP contribution in [0.4, 0.5) is 0 Å². The lowest BCUT2D eigenvalue weighted by Gasteiger charge is -2.47. The van der Waals surface area contributed by atoms with Gasteiger partial charge in [0.25, 0.3) is 5.91 Å². The van der Waals surface area contributed by atoms with E-state index >= 15 is 0 Å². The van der Waals surface area contributed by atoms with Gasteiger partial charge in [-0.2, -0.15) is 0 Å². The molecule has 0 bridgehead atoms. The van der Waals surface area contributed by atoms with Crippen LogP contribution in [0.1, 0.15) is 19.4 Å². The number of ether oxygens (including phenoxy) is 5. The monoisotopic (exact) mass is 602 g/mol. The number of aliphatic hydroxyl groups excluding tert-OH is 4. The molecule has 1 aromatic carbocycles. The number of nitrogens with one attached hydrogen (secondary N) is 2. The van der Waals surface area contributed by atoms with Crippen LogP contribution in [0.15, 0.2) is 18.2 Å². The summed E-state index contributed by atoms with van der Waals surface area (Å²) in [5.74, 6) is -3.14. The van der Waals surface area contributed by atoms with Gasteiger partial charge in [-0.05, 0) is 24.6 Å². The number of phenolic OH excluding ortho intramolecular Hbond substituents is 2. The van der Waals surface area contributed by atoms with Gasteiger partial charge in [0.05, 0.1) is 25.9 Å². The average Bonchev–Trinajstić information content (AvgIpc) is 2.95. The Morgan fingerprint density at radius 2 is 1.69 bits per heavy atom. The molecule has 0 aromatic heterocycles. The second-order valence-corrected chi connectivity index (χ2v) is 10.1. The number of aromatic hydroxyl groups is 2. The molecule has 1 aromatic rings. The van der Waals surface area contributed by atoms with E-state index < -0.39 is 97.3 Å². The van der Waals surface area contributed by atoms with E-state index in [0.29, 0.717) is 5.56 Å². The maximum absolute atomic E-state index is 13.4. The summed E-state index contributed by atoms with van der Waals surface area (Å²) in [7, 11) is 2.26. The fourth-order valence-corrected chi connectivity index (χ4v) is 4.98. The third-order valence-electron chi connectivity index (χ3n) is 7.16. The van der Waals surface area contributed by atoms with E-state index in [-0.39, 0.29) is 12.2 Å². The normalized spacial score (nSPS) is 33.8.